The van der Waals surface area contributed by atoms with E-state index in [1.54, 1.807) is 23.5 Å². The van der Waals surface area contributed by atoms with Crippen LogP contribution in [0, 0.1) is 11.8 Å². The fourth-order valence-electron chi connectivity index (χ4n) is 5.81. The first-order chi connectivity index (χ1) is 15.5. The third-order valence-corrected chi connectivity index (χ3v) is 9.23. The molecule has 1 saturated heterocycles. The van der Waals surface area contributed by atoms with Crippen molar-refractivity contribution in [2.45, 2.75) is 50.0 Å². The van der Waals surface area contributed by atoms with Crippen molar-refractivity contribution in [1.29, 1.82) is 0 Å². The van der Waals surface area contributed by atoms with Crippen LogP contribution >= 0.6 is 27.3 Å². The maximum absolute atomic E-state index is 12.7. The van der Waals surface area contributed by atoms with Crippen LogP contribution in [0.2, 0.25) is 0 Å². The lowest BCUT2D eigenvalue weighted by Gasteiger charge is -2.53. The zero-order valence-corrected chi connectivity index (χ0v) is 20.7. The Hall–Kier alpha value is -1.63. The highest BCUT2D eigenvalue weighted by atomic mass is 79.9. The van der Waals surface area contributed by atoms with Crippen LogP contribution in [0.3, 0.4) is 0 Å². The second-order valence-electron chi connectivity index (χ2n) is 9.84. The Kier molecular flexibility index (Phi) is 6.46. The number of nitrogens with one attached hydrogen (secondary N) is 1. The summed E-state index contributed by atoms with van der Waals surface area (Å²) >= 11 is 5.08. The molecule has 3 atom stereocenters. The number of hydrogen-bond donors (Lipinski definition) is 2. The van der Waals surface area contributed by atoms with E-state index in [-0.39, 0.29) is 17.4 Å². The second-order valence-corrected chi connectivity index (χ2v) is 11.7. The van der Waals surface area contributed by atoms with Crippen LogP contribution in [0.1, 0.15) is 49.0 Å². The number of fused-ring (bicyclic) bond motifs is 1. The number of hydrogen-bond acceptors (Lipinski definition) is 4. The topological polar surface area (TPSA) is 52.6 Å². The summed E-state index contributed by atoms with van der Waals surface area (Å²) in [4.78, 5) is 16.4. The maximum Gasteiger partial charge on any atom is 0.244 e. The molecule has 1 aliphatic heterocycles. The lowest BCUT2D eigenvalue weighted by molar-refractivity contribution is -0.117. The zero-order chi connectivity index (χ0) is 22.1. The monoisotopic (exact) mass is 514 g/mol. The molecule has 4 nitrogen and oxygen atoms in total. The fourth-order valence-corrected chi connectivity index (χ4v) is 7.15. The second kappa shape index (κ2) is 9.32. The van der Waals surface area contributed by atoms with Gasteiger partial charge < -0.3 is 15.3 Å². The van der Waals surface area contributed by atoms with E-state index in [0.29, 0.717) is 11.7 Å². The molecule has 2 N–H and O–H groups in total. The molecule has 2 aliphatic carbocycles. The van der Waals surface area contributed by atoms with Gasteiger partial charge in [0.05, 0.1) is 0 Å². The number of carbonyl (C=O) groups is 1. The largest absolute Gasteiger partial charge is 0.508 e. The first kappa shape index (κ1) is 22.2. The number of piperidine rings is 1. The molecule has 1 aromatic carbocycles. The third kappa shape index (κ3) is 4.97. The van der Waals surface area contributed by atoms with Gasteiger partial charge in [0.2, 0.25) is 5.91 Å². The van der Waals surface area contributed by atoms with Crippen LogP contribution in [-0.2, 0) is 10.2 Å². The van der Waals surface area contributed by atoms with Crippen LogP contribution in [0.25, 0.3) is 6.08 Å². The minimum Gasteiger partial charge on any atom is -0.508 e. The average Bonchev–Trinajstić information content (AvgIpc) is 3.50. The Balaban J connectivity index is 1.31. The number of phenolic OH excluding ortho intramolecular Hbond substituents is 1. The van der Waals surface area contributed by atoms with Crippen LogP contribution in [0.5, 0.6) is 5.75 Å². The van der Waals surface area contributed by atoms with Gasteiger partial charge in [-0.2, -0.15) is 0 Å². The Morgan fingerprint density at radius 2 is 2.16 bits per heavy atom. The summed E-state index contributed by atoms with van der Waals surface area (Å²) < 4.78 is 1.04. The summed E-state index contributed by atoms with van der Waals surface area (Å²) in [7, 11) is 0. The van der Waals surface area contributed by atoms with Crippen molar-refractivity contribution in [2.24, 2.45) is 11.8 Å². The highest BCUT2D eigenvalue weighted by Crippen LogP contribution is 2.50. The van der Waals surface area contributed by atoms with Gasteiger partial charge in [0, 0.05) is 45.4 Å². The van der Waals surface area contributed by atoms with Crippen LogP contribution in [0.15, 0.2) is 46.3 Å². The highest BCUT2D eigenvalue weighted by Gasteiger charge is 2.48. The van der Waals surface area contributed by atoms with E-state index in [1.807, 2.05) is 29.7 Å². The summed E-state index contributed by atoms with van der Waals surface area (Å²) in [6.07, 6.45) is 10.5. The quantitative estimate of drug-likeness (QED) is 0.495. The van der Waals surface area contributed by atoms with Crippen molar-refractivity contribution in [3.63, 3.8) is 0 Å². The molecular formula is C26H31BrN2O2S. The summed E-state index contributed by atoms with van der Waals surface area (Å²) in [6, 6.07) is 10.1. The van der Waals surface area contributed by atoms with Gasteiger partial charge >= 0.3 is 0 Å². The molecule has 0 unspecified atom stereocenters. The lowest BCUT2D eigenvalue weighted by Crippen LogP contribution is -2.56. The Morgan fingerprint density at radius 1 is 1.28 bits per heavy atom. The summed E-state index contributed by atoms with van der Waals surface area (Å²) in [5.74, 6) is 1.81. The third-order valence-electron chi connectivity index (χ3n) is 7.58. The van der Waals surface area contributed by atoms with E-state index in [0.717, 1.165) is 54.0 Å². The molecule has 5 rings (SSSR count). The number of benzene rings is 1. The molecule has 1 aromatic heterocycles. The molecule has 32 heavy (non-hydrogen) atoms. The van der Waals surface area contributed by atoms with Gasteiger partial charge in [0.15, 0.2) is 0 Å². The standard InChI is InChI=1S/C26H31BrN2O2S/c27-21-13-24(32-17-21)8-9-25(31)28-22-7-6-20-16-29(15-18-4-5-18)11-10-26(20,14-22)19-2-1-3-23(30)12-19/h1-3,8-9,12-13,17-18,20,22,30H,4-7,10-11,14-16H2,(H,28,31)/t20-,22-,26+/m1/s1. The van der Waals surface area contributed by atoms with Crippen LogP contribution in [-0.4, -0.2) is 41.6 Å². The molecule has 170 valence electrons. The molecule has 0 radical (unpaired) electrons. The van der Waals surface area contributed by atoms with Gasteiger partial charge in [-0.3, -0.25) is 4.79 Å². The van der Waals surface area contributed by atoms with Gasteiger partial charge in [-0.05, 0) is 103 Å². The maximum atomic E-state index is 12.7. The minimum atomic E-state index is -0.0183. The highest BCUT2D eigenvalue weighted by molar-refractivity contribution is 9.10. The number of thiophene rings is 1. The van der Waals surface area contributed by atoms with E-state index in [1.165, 1.54) is 24.9 Å². The first-order valence-electron chi connectivity index (χ1n) is 11.7. The molecule has 6 heteroatoms. The number of amides is 1. The number of likely N-dealkylation sites (tertiary alicyclic amines) is 1. The molecule has 3 aliphatic rings. The fraction of sp³-hybridized carbons (Fsp3) is 0.500. The molecule has 3 fully saturated rings. The average molecular weight is 516 g/mol. The van der Waals surface area contributed by atoms with Crippen molar-refractivity contribution < 1.29 is 9.90 Å². The Morgan fingerprint density at radius 3 is 2.91 bits per heavy atom. The minimum absolute atomic E-state index is 0.0183. The summed E-state index contributed by atoms with van der Waals surface area (Å²) in [6.45, 7) is 3.49. The van der Waals surface area contributed by atoms with Crippen LogP contribution in [0.4, 0.5) is 0 Å². The van der Waals surface area contributed by atoms with Crippen molar-refractivity contribution in [2.75, 3.05) is 19.6 Å². The summed E-state index contributed by atoms with van der Waals surface area (Å²) in [5.41, 5.74) is 1.27. The number of halogens is 1. The number of phenols is 1. The number of rotatable bonds is 6. The van der Waals surface area contributed by atoms with Crippen LogP contribution < -0.4 is 5.32 Å². The van der Waals surface area contributed by atoms with Crippen molar-refractivity contribution in [3.8, 4) is 5.75 Å². The van der Waals surface area contributed by atoms with E-state index in [2.05, 4.69) is 32.2 Å². The molecular weight excluding hydrogens is 484 g/mol. The molecule has 0 spiro atoms. The van der Waals surface area contributed by atoms with Crippen molar-refractivity contribution >= 4 is 39.2 Å². The predicted octanol–water partition coefficient (Wildman–Crippen LogP) is 5.57. The smallest absolute Gasteiger partial charge is 0.244 e. The summed E-state index contributed by atoms with van der Waals surface area (Å²) in [5, 5.41) is 15.5. The van der Waals surface area contributed by atoms with Crippen molar-refractivity contribution in [1.82, 2.24) is 10.2 Å². The SMILES string of the molecule is O=C(C=Cc1cc(Br)cs1)N[C@@H]1CC[C@@H]2CN(CC3CC3)CC[C@@]2(c2cccc(O)c2)C1. The number of aromatic hydroxyl groups is 1. The molecule has 1 amide bonds. The van der Waals surface area contributed by atoms with E-state index in [9.17, 15) is 9.90 Å². The molecule has 0 bridgehead atoms. The van der Waals surface area contributed by atoms with E-state index < -0.39 is 0 Å². The number of nitrogens with zero attached hydrogens (tertiary/aromatic N) is 1. The zero-order valence-electron chi connectivity index (χ0n) is 18.3. The lowest BCUT2D eigenvalue weighted by atomic mass is 9.58. The Labute approximate surface area is 202 Å². The van der Waals surface area contributed by atoms with Gasteiger partial charge in [-0.25, -0.2) is 0 Å². The first-order valence-corrected chi connectivity index (χ1v) is 13.4. The normalized spacial score (nSPS) is 28.5. The molecule has 2 saturated carbocycles. The van der Waals surface area contributed by atoms with Gasteiger partial charge in [-0.15, -0.1) is 11.3 Å². The van der Waals surface area contributed by atoms with Gasteiger partial charge in [0.25, 0.3) is 0 Å². The predicted molar refractivity (Wildman–Crippen MR) is 134 cm³/mol. The Bertz CT molecular complexity index is 1000. The van der Waals surface area contributed by atoms with Gasteiger partial charge in [0.1, 0.15) is 5.75 Å². The van der Waals surface area contributed by atoms with E-state index in [4.69, 9.17) is 0 Å². The molecule has 2 aromatic rings. The van der Waals surface area contributed by atoms with E-state index >= 15 is 0 Å². The van der Waals surface area contributed by atoms with Gasteiger partial charge in [-0.1, -0.05) is 12.1 Å². The number of carbonyl (C=O) groups excluding carboxylic acids is 1. The van der Waals surface area contributed by atoms with Crippen molar-refractivity contribution in [3.05, 3.63) is 56.7 Å². The molecule has 2 heterocycles.